The molecule has 23 heavy (non-hydrogen) atoms. The van der Waals surface area contributed by atoms with E-state index in [1.807, 2.05) is 30.9 Å². The van der Waals surface area contributed by atoms with Crippen LogP contribution in [0.1, 0.15) is 49.8 Å². The van der Waals surface area contributed by atoms with Crippen molar-refractivity contribution in [2.45, 2.75) is 57.8 Å². The van der Waals surface area contributed by atoms with Crippen LogP contribution in [0.4, 0.5) is 0 Å². The van der Waals surface area contributed by atoms with Crippen molar-refractivity contribution in [3.05, 3.63) is 29.6 Å². The average Bonchev–Trinajstić information content (AvgIpc) is 2.53. The first-order chi connectivity index (χ1) is 11.0. The van der Waals surface area contributed by atoms with Gasteiger partial charge in [0.15, 0.2) is 0 Å². The van der Waals surface area contributed by atoms with Gasteiger partial charge < -0.3 is 14.4 Å². The van der Waals surface area contributed by atoms with Crippen molar-refractivity contribution in [2.75, 3.05) is 19.7 Å². The van der Waals surface area contributed by atoms with E-state index in [0.717, 1.165) is 25.0 Å². The molecule has 3 rings (SSSR count). The fourth-order valence-corrected chi connectivity index (χ4v) is 3.72. The molecule has 0 radical (unpaired) electrons. The summed E-state index contributed by atoms with van der Waals surface area (Å²) in [5, 5.41) is 0. The van der Waals surface area contributed by atoms with Gasteiger partial charge in [-0.05, 0) is 32.4 Å². The first-order valence-electron chi connectivity index (χ1n) is 8.56. The summed E-state index contributed by atoms with van der Waals surface area (Å²) in [5.74, 6) is 0.00831. The molecule has 126 valence electrons. The molecule has 1 spiro atoms. The molecule has 5 heteroatoms. The van der Waals surface area contributed by atoms with Crippen molar-refractivity contribution >= 4 is 5.91 Å². The fraction of sp³-hybridized carbons (Fsp3) is 0.667. The van der Waals surface area contributed by atoms with Gasteiger partial charge in [-0.1, -0.05) is 13.0 Å². The number of amides is 1. The van der Waals surface area contributed by atoms with Crippen LogP contribution in [0.3, 0.4) is 0 Å². The van der Waals surface area contributed by atoms with E-state index in [1.54, 1.807) is 6.07 Å². The molecule has 0 aliphatic carbocycles. The first-order valence-corrected chi connectivity index (χ1v) is 8.56. The van der Waals surface area contributed by atoms with E-state index in [1.165, 1.54) is 0 Å². The quantitative estimate of drug-likeness (QED) is 0.840. The summed E-state index contributed by atoms with van der Waals surface area (Å²) in [5.41, 5.74) is 1.22. The third kappa shape index (κ3) is 3.56. The van der Waals surface area contributed by atoms with Crippen molar-refractivity contribution in [1.82, 2.24) is 9.88 Å². The lowest BCUT2D eigenvalue weighted by atomic mass is 9.88. The highest BCUT2D eigenvalue weighted by Crippen LogP contribution is 2.34. The molecule has 3 heterocycles. The molecular weight excluding hydrogens is 292 g/mol. The number of carbonyl (C=O) groups excluding carboxylic acids is 1. The van der Waals surface area contributed by atoms with Gasteiger partial charge in [-0.2, -0.15) is 0 Å². The lowest BCUT2D eigenvalue weighted by Gasteiger charge is -2.48. The number of aryl methyl sites for hydroxylation is 1. The Kier molecular flexibility index (Phi) is 4.69. The second-order valence-corrected chi connectivity index (χ2v) is 6.80. The second-order valence-electron chi connectivity index (χ2n) is 6.80. The molecule has 2 fully saturated rings. The monoisotopic (exact) mass is 318 g/mol. The average molecular weight is 318 g/mol. The highest BCUT2D eigenvalue weighted by atomic mass is 16.5. The van der Waals surface area contributed by atoms with Gasteiger partial charge in [0.1, 0.15) is 5.69 Å². The summed E-state index contributed by atoms with van der Waals surface area (Å²) < 4.78 is 11.9. The van der Waals surface area contributed by atoms with Gasteiger partial charge in [-0.15, -0.1) is 0 Å². The molecule has 1 aromatic rings. The molecule has 5 nitrogen and oxygen atoms in total. The minimum atomic E-state index is -0.270. The van der Waals surface area contributed by atoms with E-state index < -0.39 is 0 Å². The lowest BCUT2D eigenvalue weighted by Crippen LogP contribution is -2.59. The van der Waals surface area contributed by atoms with Crippen molar-refractivity contribution < 1.29 is 14.3 Å². The molecule has 0 bridgehead atoms. The number of aromatic nitrogens is 1. The Morgan fingerprint density at radius 3 is 2.96 bits per heavy atom. The van der Waals surface area contributed by atoms with Crippen LogP contribution < -0.4 is 0 Å². The first kappa shape index (κ1) is 16.4. The molecule has 0 unspecified atom stereocenters. The van der Waals surface area contributed by atoms with Crippen LogP contribution in [0.15, 0.2) is 18.2 Å². The number of nitrogens with zero attached hydrogens (tertiary/aromatic N) is 2. The van der Waals surface area contributed by atoms with Gasteiger partial charge in [0, 0.05) is 31.7 Å². The molecular formula is C18H26N2O3. The third-order valence-electron chi connectivity index (χ3n) is 4.70. The molecule has 2 saturated heterocycles. The summed E-state index contributed by atoms with van der Waals surface area (Å²) in [6.45, 7) is 8.10. The van der Waals surface area contributed by atoms with Crippen LogP contribution in [-0.2, 0) is 15.9 Å². The molecule has 2 aliphatic rings. The van der Waals surface area contributed by atoms with Crippen LogP contribution in [0.25, 0.3) is 0 Å². The third-order valence-corrected chi connectivity index (χ3v) is 4.70. The topological polar surface area (TPSA) is 51.7 Å². The van der Waals surface area contributed by atoms with Crippen molar-refractivity contribution in [3.63, 3.8) is 0 Å². The predicted octanol–water partition coefficient (Wildman–Crippen LogP) is 2.44. The fourth-order valence-electron chi connectivity index (χ4n) is 3.72. The lowest BCUT2D eigenvalue weighted by molar-refractivity contribution is -0.189. The number of rotatable bonds is 2. The van der Waals surface area contributed by atoms with E-state index in [4.69, 9.17) is 9.47 Å². The van der Waals surface area contributed by atoms with Crippen LogP contribution in [0.5, 0.6) is 0 Å². The van der Waals surface area contributed by atoms with Crippen molar-refractivity contribution in [2.24, 2.45) is 0 Å². The van der Waals surface area contributed by atoms with Gasteiger partial charge >= 0.3 is 0 Å². The number of pyridine rings is 1. The SMILES string of the molecule is CCc1cccc(C(=O)N2C[C@H](C)O[C@]3(CCO[C@@H](C)C3)C2)n1. The maximum Gasteiger partial charge on any atom is 0.272 e. The number of hydrogen-bond acceptors (Lipinski definition) is 4. The minimum absolute atomic E-state index is 0.00831. The zero-order valence-electron chi connectivity index (χ0n) is 14.2. The number of hydrogen-bond donors (Lipinski definition) is 0. The van der Waals surface area contributed by atoms with Crippen molar-refractivity contribution in [1.29, 1.82) is 0 Å². The Bertz CT molecular complexity index is 573. The molecule has 1 amide bonds. The summed E-state index contributed by atoms with van der Waals surface area (Å²) in [7, 11) is 0. The predicted molar refractivity (Wildman–Crippen MR) is 87.4 cm³/mol. The highest BCUT2D eigenvalue weighted by molar-refractivity contribution is 5.92. The van der Waals surface area contributed by atoms with E-state index in [2.05, 4.69) is 11.9 Å². The Labute approximate surface area is 138 Å². The molecule has 3 atom stereocenters. The van der Waals surface area contributed by atoms with Crippen LogP contribution >= 0.6 is 0 Å². The normalized spacial score (nSPS) is 31.3. The van der Waals surface area contributed by atoms with Gasteiger partial charge in [-0.25, -0.2) is 4.98 Å². The number of ether oxygens (including phenoxy) is 2. The van der Waals surface area contributed by atoms with Crippen LogP contribution in [0, 0.1) is 0 Å². The summed E-state index contributed by atoms with van der Waals surface area (Å²) in [6.07, 6.45) is 2.72. The van der Waals surface area contributed by atoms with E-state index in [0.29, 0.717) is 25.4 Å². The maximum absolute atomic E-state index is 12.9. The van der Waals surface area contributed by atoms with Gasteiger partial charge in [0.05, 0.1) is 24.4 Å². The number of carbonyl (C=O) groups is 1. The van der Waals surface area contributed by atoms with Gasteiger partial charge in [0.25, 0.3) is 5.91 Å². The van der Waals surface area contributed by atoms with Crippen LogP contribution in [-0.4, -0.2) is 53.3 Å². The number of morpholine rings is 1. The summed E-state index contributed by atoms with van der Waals surface area (Å²) in [4.78, 5) is 19.3. The Morgan fingerprint density at radius 1 is 1.39 bits per heavy atom. The van der Waals surface area contributed by atoms with Crippen molar-refractivity contribution in [3.8, 4) is 0 Å². The summed E-state index contributed by atoms with van der Waals surface area (Å²) in [6, 6.07) is 5.68. The van der Waals surface area contributed by atoms with Crippen LogP contribution in [0.2, 0.25) is 0 Å². The molecule has 0 N–H and O–H groups in total. The Balaban J connectivity index is 1.79. The molecule has 1 aromatic heterocycles. The molecule has 0 saturated carbocycles. The van der Waals surface area contributed by atoms with E-state index in [-0.39, 0.29) is 23.7 Å². The zero-order valence-corrected chi connectivity index (χ0v) is 14.2. The van der Waals surface area contributed by atoms with E-state index in [9.17, 15) is 4.79 Å². The maximum atomic E-state index is 12.9. The standard InChI is InChI=1S/C18H26N2O3/c1-4-15-6-5-7-16(19-15)17(21)20-11-14(3)23-18(12-20)8-9-22-13(2)10-18/h5-7,13-14H,4,8-12H2,1-3H3/t13-,14-,18-/m0/s1. The smallest absolute Gasteiger partial charge is 0.272 e. The van der Waals surface area contributed by atoms with Gasteiger partial charge in [0.2, 0.25) is 0 Å². The largest absolute Gasteiger partial charge is 0.378 e. The second kappa shape index (κ2) is 6.57. The molecule has 0 aromatic carbocycles. The summed E-state index contributed by atoms with van der Waals surface area (Å²) >= 11 is 0. The minimum Gasteiger partial charge on any atom is -0.378 e. The highest BCUT2D eigenvalue weighted by Gasteiger charge is 2.44. The zero-order chi connectivity index (χ0) is 16.4. The Morgan fingerprint density at radius 2 is 2.22 bits per heavy atom. The van der Waals surface area contributed by atoms with Gasteiger partial charge in [-0.3, -0.25) is 4.79 Å². The Hall–Kier alpha value is -1.46. The molecule has 2 aliphatic heterocycles. The van der Waals surface area contributed by atoms with E-state index >= 15 is 0 Å².